The van der Waals surface area contributed by atoms with Crippen LogP contribution in [-0.2, 0) is 11.3 Å². The Morgan fingerprint density at radius 3 is 2.74 bits per heavy atom. The monoisotopic (exact) mass is 373 g/mol. The van der Waals surface area contributed by atoms with Crippen LogP contribution >= 0.6 is 0 Å². The van der Waals surface area contributed by atoms with Gasteiger partial charge in [-0.05, 0) is 36.1 Å². The van der Waals surface area contributed by atoms with Crippen molar-refractivity contribution in [2.45, 2.75) is 45.4 Å². The molecule has 0 saturated carbocycles. The molecule has 2 atom stereocenters. The van der Waals surface area contributed by atoms with E-state index in [0.29, 0.717) is 25.7 Å². The van der Waals surface area contributed by atoms with E-state index in [9.17, 15) is 5.11 Å². The maximum Gasteiger partial charge on any atom is 0.119 e. The van der Waals surface area contributed by atoms with Gasteiger partial charge in [0.05, 0.1) is 25.5 Å². The zero-order chi connectivity index (χ0) is 19.2. The van der Waals surface area contributed by atoms with Crippen molar-refractivity contribution < 1.29 is 14.6 Å². The maximum atomic E-state index is 10.4. The lowest BCUT2D eigenvalue weighted by Gasteiger charge is -2.34. The Morgan fingerprint density at radius 2 is 2.07 bits per heavy atom. The first kappa shape index (κ1) is 19.9. The van der Waals surface area contributed by atoms with Crippen molar-refractivity contribution >= 4 is 0 Å². The minimum atomic E-state index is -0.527. The number of β-amino-alcohol motifs (C(OH)–C–C–N with tert-alkyl or cyclic N) is 1. The Bertz CT molecular complexity index is 699. The molecular weight excluding hydrogens is 342 g/mol. The normalized spacial score (nSPS) is 19.4. The summed E-state index contributed by atoms with van der Waals surface area (Å²) >= 11 is 0. The summed E-state index contributed by atoms with van der Waals surface area (Å²) in [5.41, 5.74) is 2.44. The molecule has 1 aromatic heterocycles. The van der Waals surface area contributed by atoms with Gasteiger partial charge < -0.3 is 14.6 Å². The third kappa shape index (κ3) is 6.06. The second-order valence-electron chi connectivity index (χ2n) is 7.68. The van der Waals surface area contributed by atoms with Gasteiger partial charge in [0, 0.05) is 25.8 Å². The summed E-state index contributed by atoms with van der Waals surface area (Å²) in [6.45, 7) is 10.3. The lowest BCUT2D eigenvalue weighted by atomic mass is 10.0. The largest absolute Gasteiger partial charge is 0.491 e. The quantitative estimate of drug-likeness (QED) is 0.770. The first-order valence-corrected chi connectivity index (χ1v) is 9.73. The highest BCUT2D eigenvalue weighted by Gasteiger charge is 2.23. The molecule has 2 aromatic rings. The van der Waals surface area contributed by atoms with Crippen molar-refractivity contribution in [1.29, 1.82) is 0 Å². The average molecular weight is 373 g/mol. The predicted octanol–water partition coefficient (Wildman–Crippen LogP) is 2.46. The Labute approximate surface area is 161 Å². The minimum absolute atomic E-state index is 0.0924. The molecular formula is C21H31N3O3. The number of ether oxygens (including phenoxy) is 2. The maximum absolute atomic E-state index is 10.4. The number of aliphatic hydroxyl groups is 1. The van der Waals surface area contributed by atoms with Crippen molar-refractivity contribution in [3.05, 3.63) is 47.8 Å². The topological polar surface area (TPSA) is 59.8 Å². The Balaban J connectivity index is 1.42. The molecule has 148 valence electrons. The van der Waals surface area contributed by atoms with Crippen LogP contribution in [0.4, 0.5) is 0 Å². The van der Waals surface area contributed by atoms with Gasteiger partial charge in [-0.25, -0.2) is 0 Å². The standard InChI is InChI=1S/C21H31N3O3/c1-16(2)18-4-6-20(7-5-18)27-15-19(25)12-23-8-9-26-21(13-23)14-24-11-17(3)10-22-24/h4-7,10-11,16,19,21,25H,8-9,12-15H2,1-3H3. The fourth-order valence-electron chi connectivity index (χ4n) is 3.32. The number of hydrogen-bond acceptors (Lipinski definition) is 5. The molecule has 1 fully saturated rings. The van der Waals surface area contributed by atoms with E-state index in [1.165, 1.54) is 5.56 Å². The SMILES string of the molecule is Cc1cnn(CC2CN(CC(O)COc3ccc(C(C)C)cc3)CCO2)c1. The highest BCUT2D eigenvalue weighted by atomic mass is 16.5. The van der Waals surface area contributed by atoms with Gasteiger partial charge in [0.15, 0.2) is 0 Å². The molecule has 0 radical (unpaired) electrons. The third-order valence-electron chi connectivity index (χ3n) is 4.83. The van der Waals surface area contributed by atoms with Gasteiger partial charge in [0.1, 0.15) is 18.5 Å². The Hall–Kier alpha value is -1.89. The van der Waals surface area contributed by atoms with E-state index in [1.54, 1.807) is 0 Å². The molecule has 0 spiro atoms. The van der Waals surface area contributed by atoms with Crippen LogP contribution in [0, 0.1) is 6.92 Å². The summed E-state index contributed by atoms with van der Waals surface area (Å²) in [5, 5.41) is 14.7. The minimum Gasteiger partial charge on any atom is -0.491 e. The third-order valence-corrected chi connectivity index (χ3v) is 4.83. The van der Waals surface area contributed by atoms with Crippen molar-refractivity contribution in [1.82, 2.24) is 14.7 Å². The zero-order valence-corrected chi connectivity index (χ0v) is 16.5. The molecule has 1 aromatic carbocycles. The molecule has 2 heterocycles. The van der Waals surface area contributed by atoms with Crippen LogP contribution in [0.25, 0.3) is 0 Å². The van der Waals surface area contributed by atoms with Gasteiger partial charge in [0.2, 0.25) is 0 Å². The Kier molecular flexibility index (Phi) is 6.88. The number of benzene rings is 1. The van der Waals surface area contributed by atoms with E-state index >= 15 is 0 Å². The number of aliphatic hydroxyl groups excluding tert-OH is 1. The summed E-state index contributed by atoms with van der Waals surface area (Å²) in [6.07, 6.45) is 3.44. The van der Waals surface area contributed by atoms with Crippen molar-refractivity contribution in [2.75, 3.05) is 32.8 Å². The van der Waals surface area contributed by atoms with Gasteiger partial charge in [-0.15, -0.1) is 0 Å². The highest BCUT2D eigenvalue weighted by molar-refractivity contribution is 5.28. The second kappa shape index (κ2) is 9.35. The molecule has 1 aliphatic heterocycles. The van der Waals surface area contributed by atoms with E-state index in [-0.39, 0.29) is 6.10 Å². The molecule has 1 saturated heterocycles. The summed E-state index contributed by atoms with van der Waals surface area (Å²) in [6, 6.07) is 8.10. The lowest BCUT2D eigenvalue weighted by molar-refractivity contribution is -0.0517. The molecule has 0 bridgehead atoms. The van der Waals surface area contributed by atoms with E-state index in [2.05, 4.69) is 36.0 Å². The lowest BCUT2D eigenvalue weighted by Crippen LogP contribution is -2.47. The molecule has 2 unspecified atom stereocenters. The molecule has 27 heavy (non-hydrogen) atoms. The number of morpholine rings is 1. The smallest absolute Gasteiger partial charge is 0.119 e. The molecule has 1 aliphatic rings. The van der Waals surface area contributed by atoms with Crippen LogP contribution in [0.5, 0.6) is 5.75 Å². The number of aryl methyl sites for hydroxylation is 1. The second-order valence-corrected chi connectivity index (χ2v) is 7.68. The molecule has 6 heteroatoms. The predicted molar refractivity (Wildman–Crippen MR) is 105 cm³/mol. The molecule has 3 rings (SSSR count). The fraction of sp³-hybridized carbons (Fsp3) is 0.571. The summed E-state index contributed by atoms with van der Waals surface area (Å²) in [7, 11) is 0. The van der Waals surface area contributed by atoms with E-state index in [1.807, 2.05) is 36.1 Å². The van der Waals surface area contributed by atoms with Crippen LogP contribution in [0.2, 0.25) is 0 Å². The van der Waals surface area contributed by atoms with Crippen molar-refractivity contribution in [2.24, 2.45) is 0 Å². The number of nitrogens with zero attached hydrogens (tertiary/aromatic N) is 3. The van der Waals surface area contributed by atoms with E-state index in [4.69, 9.17) is 9.47 Å². The number of rotatable bonds is 8. The summed E-state index contributed by atoms with van der Waals surface area (Å²) in [4.78, 5) is 2.24. The average Bonchev–Trinajstić information content (AvgIpc) is 3.05. The summed E-state index contributed by atoms with van der Waals surface area (Å²) < 4.78 is 13.5. The molecule has 6 nitrogen and oxygen atoms in total. The molecule has 0 amide bonds. The molecule has 0 aliphatic carbocycles. The first-order chi connectivity index (χ1) is 13.0. The zero-order valence-electron chi connectivity index (χ0n) is 16.5. The van der Waals surface area contributed by atoms with Crippen LogP contribution in [-0.4, -0.2) is 64.8 Å². The van der Waals surface area contributed by atoms with E-state index < -0.39 is 6.10 Å². The van der Waals surface area contributed by atoms with Gasteiger partial charge in [-0.3, -0.25) is 9.58 Å². The first-order valence-electron chi connectivity index (χ1n) is 9.73. The fourth-order valence-corrected chi connectivity index (χ4v) is 3.32. The van der Waals surface area contributed by atoms with Crippen LogP contribution in [0.1, 0.15) is 30.9 Å². The van der Waals surface area contributed by atoms with Crippen LogP contribution < -0.4 is 4.74 Å². The summed E-state index contributed by atoms with van der Waals surface area (Å²) in [5.74, 6) is 1.30. The van der Waals surface area contributed by atoms with Crippen LogP contribution in [0.3, 0.4) is 0 Å². The van der Waals surface area contributed by atoms with E-state index in [0.717, 1.165) is 30.9 Å². The van der Waals surface area contributed by atoms with Crippen molar-refractivity contribution in [3.63, 3.8) is 0 Å². The van der Waals surface area contributed by atoms with Crippen LogP contribution in [0.15, 0.2) is 36.7 Å². The Morgan fingerprint density at radius 1 is 1.30 bits per heavy atom. The van der Waals surface area contributed by atoms with Gasteiger partial charge in [0.25, 0.3) is 0 Å². The number of aromatic nitrogens is 2. The van der Waals surface area contributed by atoms with Gasteiger partial charge >= 0.3 is 0 Å². The number of hydrogen-bond donors (Lipinski definition) is 1. The highest BCUT2D eigenvalue weighted by Crippen LogP contribution is 2.18. The molecule has 1 N–H and O–H groups in total. The van der Waals surface area contributed by atoms with Gasteiger partial charge in [-0.1, -0.05) is 26.0 Å². The van der Waals surface area contributed by atoms with Crippen molar-refractivity contribution in [3.8, 4) is 5.75 Å². The van der Waals surface area contributed by atoms with Gasteiger partial charge in [-0.2, -0.15) is 5.10 Å².